The van der Waals surface area contributed by atoms with Crippen LogP contribution in [-0.4, -0.2) is 15.2 Å². The average Bonchev–Trinajstić information content (AvgIpc) is 3.17. The molecule has 2 N–H and O–H groups in total. The highest BCUT2D eigenvalue weighted by atomic mass is 32.1. The molecular formula is C15H15FN4S. The molecule has 3 rings (SSSR count). The maximum Gasteiger partial charge on any atom is 0.123 e. The van der Waals surface area contributed by atoms with Gasteiger partial charge in [-0.15, -0.1) is 11.3 Å². The zero-order valence-corrected chi connectivity index (χ0v) is 12.3. The minimum Gasteiger partial charge on any atom is -0.304 e. The first kappa shape index (κ1) is 13.9. The Morgan fingerprint density at radius 3 is 2.86 bits per heavy atom. The van der Waals surface area contributed by atoms with Gasteiger partial charge in [0.05, 0.1) is 11.9 Å². The molecular weight excluding hydrogens is 287 g/mol. The Kier molecular flexibility index (Phi) is 4.08. The van der Waals surface area contributed by atoms with Crippen molar-refractivity contribution in [1.82, 2.24) is 20.5 Å². The predicted molar refractivity (Wildman–Crippen MR) is 81.4 cm³/mol. The van der Waals surface area contributed by atoms with Gasteiger partial charge in [-0.2, -0.15) is 5.10 Å². The average molecular weight is 302 g/mol. The normalized spacial score (nSPS) is 12.5. The van der Waals surface area contributed by atoms with Gasteiger partial charge in [-0.05, 0) is 31.2 Å². The number of nitrogens with one attached hydrogen (secondary N) is 2. The van der Waals surface area contributed by atoms with Crippen molar-refractivity contribution in [2.24, 2.45) is 0 Å². The molecule has 2 heterocycles. The first-order valence-electron chi connectivity index (χ1n) is 6.65. The number of H-pyrrole nitrogens is 1. The number of nitrogens with zero attached hydrogens (tertiary/aromatic N) is 2. The molecule has 0 fully saturated rings. The molecule has 6 heteroatoms. The Labute approximate surface area is 126 Å². The van der Waals surface area contributed by atoms with Crippen molar-refractivity contribution in [3.63, 3.8) is 0 Å². The fraction of sp³-hybridized carbons (Fsp3) is 0.200. The van der Waals surface area contributed by atoms with E-state index in [0.717, 1.165) is 21.8 Å². The molecule has 0 aliphatic heterocycles. The maximum absolute atomic E-state index is 12.9. The molecule has 21 heavy (non-hydrogen) atoms. The SMILES string of the molecule is CC(NCc1csc(-c2ccc(F)cc2)n1)c1cn[nH]c1. The summed E-state index contributed by atoms with van der Waals surface area (Å²) in [6.07, 6.45) is 3.69. The number of rotatable bonds is 5. The van der Waals surface area contributed by atoms with Gasteiger partial charge in [-0.1, -0.05) is 0 Å². The van der Waals surface area contributed by atoms with Crippen molar-refractivity contribution in [2.75, 3.05) is 0 Å². The van der Waals surface area contributed by atoms with Gasteiger partial charge >= 0.3 is 0 Å². The lowest BCUT2D eigenvalue weighted by molar-refractivity contribution is 0.569. The summed E-state index contributed by atoms with van der Waals surface area (Å²) >= 11 is 1.57. The summed E-state index contributed by atoms with van der Waals surface area (Å²) in [5.74, 6) is -0.230. The lowest BCUT2D eigenvalue weighted by Gasteiger charge is -2.10. The molecule has 2 aromatic heterocycles. The standard InChI is InChI=1S/C15H15FN4S/c1-10(12-6-18-19-7-12)17-8-14-9-21-15(20-14)11-2-4-13(16)5-3-11/h2-7,9-10,17H,8H2,1H3,(H,18,19). The summed E-state index contributed by atoms with van der Waals surface area (Å²) in [6.45, 7) is 2.77. The summed E-state index contributed by atoms with van der Waals surface area (Å²) in [4.78, 5) is 4.57. The molecule has 4 nitrogen and oxygen atoms in total. The smallest absolute Gasteiger partial charge is 0.123 e. The number of thiazole rings is 1. The van der Waals surface area contributed by atoms with E-state index in [2.05, 4.69) is 27.4 Å². The number of halogens is 1. The van der Waals surface area contributed by atoms with Crippen LogP contribution in [-0.2, 0) is 6.54 Å². The maximum atomic E-state index is 12.9. The summed E-state index contributed by atoms with van der Waals surface area (Å²) in [7, 11) is 0. The van der Waals surface area contributed by atoms with Crippen LogP contribution in [0.1, 0.15) is 24.2 Å². The van der Waals surface area contributed by atoms with Crippen molar-refractivity contribution < 1.29 is 4.39 Å². The fourth-order valence-electron chi connectivity index (χ4n) is 1.99. The van der Waals surface area contributed by atoms with Gasteiger partial charge in [0.25, 0.3) is 0 Å². The topological polar surface area (TPSA) is 53.6 Å². The molecule has 0 bridgehead atoms. The second kappa shape index (κ2) is 6.15. The predicted octanol–water partition coefficient (Wildman–Crippen LogP) is 3.52. The zero-order valence-electron chi connectivity index (χ0n) is 11.5. The first-order valence-corrected chi connectivity index (χ1v) is 7.53. The third kappa shape index (κ3) is 3.34. The quantitative estimate of drug-likeness (QED) is 0.758. The summed E-state index contributed by atoms with van der Waals surface area (Å²) in [5, 5.41) is 13.1. The second-order valence-corrected chi connectivity index (χ2v) is 5.64. The van der Waals surface area contributed by atoms with Crippen molar-refractivity contribution >= 4 is 11.3 Å². The summed E-state index contributed by atoms with van der Waals surface area (Å²) < 4.78 is 12.9. The van der Waals surface area contributed by atoms with Crippen LogP contribution < -0.4 is 5.32 Å². The van der Waals surface area contributed by atoms with Crippen LogP contribution in [0.4, 0.5) is 4.39 Å². The molecule has 1 aromatic carbocycles. The Morgan fingerprint density at radius 1 is 1.33 bits per heavy atom. The van der Waals surface area contributed by atoms with Gasteiger partial charge < -0.3 is 5.32 Å². The summed E-state index contributed by atoms with van der Waals surface area (Å²) in [6, 6.07) is 6.62. The minimum atomic E-state index is -0.230. The third-order valence-electron chi connectivity index (χ3n) is 3.25. The molecule has 0 saturated carbocycles. The van der Waals surface area contributed by atoms with E-state index in [1.807, 2.05) is 17.8 Å². The van der Waals surface area contributed by atoms with Gasteiger partial charge in [-0.25, -0.2) is 9.37 Å². The molecule has 0 spiro atoms. The van der Waals surface area contributed by atoms with Crippen LogP contribution in [0.15, 0.2) is 42.0 Å². The van der Waals surface area contributed by atoms with Crippen molar-refractivity contribution in [1.29, 1.82) is 0 Å². The zero-order chi connectivity index (χ0) is 14.7. The Hall–Kier alpha value is -2.05. The van der Waals surface area contributed by atoms with E-state index in [4.69, 9.17) is 0 Å². The van der Waals surface area contributed by atoms with Gasteiger partial charge in [-0.3, -0.25) is 5.10 Å². The largest absolute Gasteiger partial charge is 0.304 e. The van der Waals surface area contributed by atoms with E-state index in [0.29, 0.717) is 6.54 Å². The molecule has 0 aliphatic rings. The number of aromatic nitrogens is 3. The third-order valence-corrected chi connectivity index (χ3v) is 4.19. The first-order chi connectivity index (χ1) is 10.2. The molecule has 0 aliphatic carbocycles. The van der Waals surface area contributed by atoms with Crippen molar-refractivity contribution in [2.45, 2.75) is 19.5 Å². The molecule has 3 aromatic rings. The van der Waals surface area contributed by atoms with Crippen LogP contribution in [0.3, 0.4) is 0 Å². The van der Waals surface area contributed by atoms with Crippen molar-refractivity contribution in [3.05, 3.63) is 59.1 Å². The Balaban J connectivity index is 1.64. The molecule has 0 radical (unpaired) electrons. The highest BCUT2D eigenvalue weighted by molar-refractivity contribution is 7.13. The van der Waals surface area contributed by atoms with E-state index in [9.17, 15) is 4.39 Å². The lowest BCUT2D eigenvalue weighted by Crippen LogP contribution is -2.17. The van der Waals surface area contributed by atoms with Crippen LogP contribution in [0.2, 0.25) is 0 Å². The Morgan fingerprint density at radius 2 is 2.14 bits per heavy atom. The molecule has 0 amide bonds. The highest BCUT2D eigenvalue weighted by Gasteiger charge is 2.08. The van der Waals surface area contributed by atoms with E-state index in [1.165, 1.54) is 12.1 Å². The molecule has 0 saturated heterocycles. The van der Waals surface area contributed by atoms with Crippen molar-refractivity contribution in [3.8, 4) is 10.6 Å². The molecule has 108 valence electrons. The summed E-state index contributed by atoms with van der Waals surface area (Å²) in [5.41, 5.74) is 3.04. The van der Waals surface area contributed by atoms with E-state index < -0.39 is 0 Å². The van der Waals surface area contributed by atoms with Gasteiger partial charge in [0, 0.05) is 35.3 Å². The van der Waals surface area contributed by atoms with E-state index in [1.54, 1.807) is 23.5 Å². The lowest BCUT2D eigenvalue weighted by atomic mass is 10.2. The van der Waals surface area contributed by atoms with E-state index in [-0.39, 0.29) is 11.9 Å². The van der Waals surface area contributed by atoms with Gasteiger partial charge in [0.1, 0.15) is 10.8 Å². The number of benzene rings is 1. The Bertz CT molecular complexity index is 691. The second-order valence-electron chi connectivity index (χ2n) is 4.79. The van der Waals surface area contributed by atoms with Crippen LogP contribution in [0, 0.1) is 5.82 Å². The highest BCUT2D eigenvalue weighted by Crippen LogP contribution is 2.24. The fourth-order valence-corrected chi connectivity index (χ4v) is 2.81. The monoisotopic (exact) mass is 302 g/mol. The number of aromatic amines is 1. The van der Waals surface area contributed by atoms with Crippen LogP contribution >= 0.6 is 11.3 Å². The minimum absolute atomic E-state index is 0.208. The molecule has 1 atom stereocenters. The number of hydrogen-bond donors (Lipinski definition) is 2. The van der Waals surface area contributed by atoms with Gasteiger partial charge in [0.15, 0.2) is 0 Å². The molecule has 1 unspecified atom stereocenters. The number of hydrogen-bond acceptors (Lipinski definition) is 4. The van der Waals surface area contributed by atoms with Gasteiger partial charge in [0.2, 0.25) is 0 Å². The van der Waals surface area contributed by atoms with E-state index >= 15 is 0 Å². The van der Waals surface area contributed by atoms with Crippen LogP contribution in [0.5, 0.6) is 0 Å². The van der Waals surface area contributed by atoms with Crippen LogP contribution in [0.25, 0.3) is 10.6 Å².